The number of amides is 2. The molecule has 0 saturated carbocycles. The van der Waals surface area contributed by atoms with Gasteiger partial charge >= 0.3 is 0 Å². The van der Waals surface area contributed by atoms with Crippen molar-refractivity contribution >= 4 is 34.5 Å². The van der Waals surface area contributed by atoms with Crippen molar-refractivity contribution < 1.29 is 14.0 Å². The van der Waals surface area contributed by atoms with Crippen LogP contribution in [0, 0.1) is 0 Å². The molecule has 4 rings (SSSR count). The highest BCUT2D eigenvalue weighted by atomic mass is 35.5. The minimum atomic E-state index is -0.532. The van der Waals surface area contributed by atoms with Crippen LogP contribution in [-0.4, -0.2) is 21.7 Å². The van der Waals surface area contributed by atoms with Crippen LogP contribution < -0.4 is 0 Å². The second-order valence-electron chi connectivity index (χ2n) is 5.38. The lowest BCUT2D eigenvalue weighted by molar-refractivity contribution is 0.0579. The number of carbonyl (C=O) groups is 2. The van der Waals surface area contributed by atoms with Crippen molar-refractivity contribution in [1.29, 1.82) is 0 Å². The molecule has 5 nitrogen and oxygen atoms in total. The highest BCUT2D eigenvalue weighted by Crippen LogP contribution is 2.33. The zero-order chi connectivity index (χ0) is 16.1. The van der Waals surface area contributed by atoms with Crippen molar-refractivity contribution in [1.82, 2.24) is 9.88 Å². The lowest BCUT2D eigenvalue weighted by Crippen LogP contribution is -2.32. The number of halogens is 1. The molecule has 1 atom stereocenters. The summed E-state index contributed by atoms with van der Waals surface area (Å²) < 4.78 is 5.68. The monoisotopic (exact) mass is 326 g/mol. The number of furan rings is 1. The Morgan fingerprint density at radius 3 is 2.39 bits per heavy atom. The highest BCUT2D eigenvalue weighted by molar-refractivity contribution is 6.29. The molecule has 0 aliphatic carbocycles. The Balaban J connectivity index is 1.75. The van der Waals surface area contributed by atoms with Gasteiger partial charge in [-0.05, 0) is 37.3 Å². The molecule has 2 amide bonds. The lowest BCUT2D eigenvalue weighted by Gasteiger charge is -2.20. The van der Waals surface area contributed by atoms with Crippen molar-refractivity contribution in [3.63, 3.8) is 0 Å². The molecule has 23 heavy (non-hydrogen) atoms. The molecule has 1 unspecified atom stereocenters. The van der Waals surface area contributed by atoms with E-state index in [0.717, 1.165) is 5.39 Å². The number of nitrogens with zero attached hydrogens (tertiary/aromatic N) is 2. The van der Waals surface area contributed by atoms with E-state index in [0.29, 0.717) is 27.8 Å². The molecule has 1 aliphatic heterocycles. The smallest absolute Gasteiger partial charge is 0.262 e. The van der Waals surface area contributed by atoms with Crippen LogP contribution in [-0.2, 0) is 0 Å². The van der Waals surface area contributed by atoms with Crippen LogP contribution >= 0.6 is 11.6 Å². The fourth-order valence-corrected chi connectivity index (χ4v) is 2.95. The fourth-order valence-electron chi connectivity index (χ4n) is 2.81. The van der Waals surface area contributed by atoms with Gasteiger partial charge in [0.2, 0.25) is 5.71 Å². The van der Waals surface area contributed by atoms with Gasteiger partial charge in [0.15, 0.2) is 0 Å². The maximum absolute atomic E-state index is 12.5. The average molecular weight is 327 g/mol. The van der Waals surface area contributed by atoms with Crippen LogP contribution in [0.4, 0.5) is 0 Å². The summed E-state index contributed by atoms with van der Waals surface area (Å²) in [5.41, 5.74) is 1.22. The third-order valence-corrected chi connectivity index (χ3v) is 4.20. The van der Waals surface area contributed by atoms with E-state index in [1.165, 1.54) is 4.90 Å². The van der Waals surface area contributed by atoms with E-state index in [4.69, 9.17) is 16.0 Å². The van der Waals surface area contributed by atoms with Gasteiger partial charge in [-0.15, -0.1) is 0 Å². The SMILES string of the molecule is CC(c1cc2ccc(Cl)nc2o1)N1C(=O)c2ccccc2C1=O. The van der Waals surface area contributed by atoms with E-state index in [-0.39, 0.29) is 11.8 Å². The van der Waals surface area contributed by atoms with Gasteiger partial charge in [-0.3, -0.25) is 14.5 Å². The largest absolute Gasteiger partial charge is 0.441 e. The van der Waals surface area contributed by atoms with Crippen LogP contribution in [0.5, 0.6) is 0 Å². The maximum atomic E-state index is 12.5. The van der Waals surface area contributed by atoms with Crippen molar-refractivity contribution in [3.8, 4) is 0 Å². The average Bonchev–Trinajstić information content (AvgIpc) is 3.07. The summed E-state index contributed by atoms with van der Waals surface area (Å²) >= 11 is 5.85. The Morgan fingerprint density at radius 1 is 1.09 bits per heavy atom. The zero-order valence-corrected chi connectivity index (χ0v) is 12.9. The molecular formula is C17H11ClN2O3. The first-order valence-electron chi connectivity index (χ1n) is 7.09. The Hall–Kier alpha value is -2.66. The van der Waals surface area contributed by atoms with E-state index >= 15 is 0 Å². The van der Waals surface area contributed by atoms with Crippen LogP contribution in [0.2, 0.25) is 5.15 Å². The zero-order valence-electron chi connectivity index (χ0n) is 12.1. The van der Waals surface area contributed by atoms with Gasteiger partial charge in [-0.1, -0.05) is 23.7 Å². The number of carbonyl (C=O) groups excluding carboxylic acids is 2. The Kier molecular flexibility index (Phi) is 2.99. The molecule has 1 aliphatic rings. The number of hydrogen-bond donors (Lipinski definition) is 0. The molecule has 2 aromatic heterocycles. The molecule has 3 aromatic rings. The number of rotatable bonds is 2. The number of hydrogen-bond acceptors (Lipinski definition) is 4. The Labute approximate surface area is 136 Å². The molecular weight excluding hydrogens is 316 g/mol. The predicted molar refractivity (Wildman–Crippen MR) is 84.4 cm³/mol. The first-order valence-corrected chi connectivity index (χ1v) is 7.47. The van der Waals surface area contributed by atoms with Crippen LogP contribution in [0.1, 0.15) is 39.4 Å². The third-order valence-electron chi connectivity index (χ3n) is 3.99. The molecule has 0 spiro atoms. The van der Waals surface area contributed by atoms with E-state index < -0.39 is 6.04 Å². The van der Waals surface area contributed by atoms with E-state index in [2.05, 4.69) is 4.98 Å². The van der Waals surface area contributed by atoms with Gasteiger partial charge in [0, 0.05) is 5.39 Å². The van der Waals surface area contributed by atoms with Crippen molar-refractivity contribution in [3.05, 3.63) is 64.5 Å². The number of aromatic nitrogens is 1. The molecule has 3 heterocycles. The molecule has 0 radical (unpaired) electrons. The molecule has 0 bridgehead atoms. The topological polar surface area (TPSA) is 63.4 Å². The first-order chi connectivity index (χ1) is 11.1. The first kappa shape index (κ1) is 14.0. The summed E-state index contributed by atoms with van der Waals surface area (Å²) in [4.78, 5) is 30.3. The Bertz CT molecular complexity index is 928. The molecule has 1 aromatic carbocycles. The van der Waals surface area contributed by atoms with Crippen LogP contribution in [0.15, 0.2) is 46.9 Å². The van der Waals surface area contributed by atoms with Gasteiger partial charge < -0.3 is 4.42 Å². The summed E-state index contributed by atoms with van der Waals surface area (Å²) in [6, 6.07) is 11.5. The molecule has 114 valence electrons. The Morgan fingerprint density at radius 2 is 1.74 bits per heavy atom. The summed E-state index contributed by atoms with van der Waals surface area (Å²) in [7, 11) is 0. The summed E-state index contributed by atoms with van der Waals surface area (Å²) in [6.45, 7) is 1.75. The molecule has 6 heteroatoms. The highest BCUT2D eigenvalue weighted by Gasteiger charge is 2.39. The number of benzene rings is 1. The van der Waals surface area contributed by atoms with E-state index in [9.17, 15) is 9.59 Å². The van der Waals surface area contributed by atoms with E-state index in [1.54, 1.807) is 49.4 Å². The van der Waals surface area contributed by atoms with Gasteiger partial charge in [0.25, 0.3) is 11.8 Å². The maximum Gasteiger partial charge on any atom is 0.262 e. The second-order valence-corrected chi connectivity index (χ2v) is 5.77. The predicted octanol–water partition coefficient (Wildman–Crippen LogP) is 3.84. The summed E-state index contributed by atoms with van der Waals surface area (Å²) in [6.07, 6.45) is 0. The minimum absolute atomic E-state index is 0.315. The molecule has 0 fully saturated rings. The minimum Gasteiger partial charge on any atom is -0.441 e. The number of fused-ring (bicyclic) bond motifs is 2. The van der Waals surface area contributed by atoms with Gasteiger partial charge in [0.1, 0.15) is 10.9 Å². The number of pyridine rings is 1. The molecule has 0 N–H and O–H groups in total. The summed E-state index contributed by atoms with van der Waals surface area (Å²) in [5.74, 6) is -0.140. The van der Waals surface area contributed by atoms with Crippen molar-refractivity contribution in [2.75, 3.05) is 0 Å². The lowest BCUT2D eigenvalue weighted by atomic mass is 10.1. The quantitative estimate of drug-likeness (QED) is 0.530. The molecule has 0 saturated heterocycles. The van der Waals surface area contributed by atoms with E-state index in [1.807, 2.05) is 0 Å². The number of imide groups is 1. The van der Waals surface area contributed by atoms with Gasteiger partial charge in [-0.25, -0.2) is 4.98 Å². The second kappa shape index (κ2) is 4.93. The van der Waals surface area contributed by atoms with Crippen LogP contribution in [0.3, 0.4) is 0 Å². The van der Waals surface area contributed by atoms with Crippen molar-refractivity contribution in [2.45, 2.75) is 13.0 Å². The normalized spacial score (nSPS) is 15.3. The third kappa shape index (κ3) is 2.04. The van der Waals surface area contributed by atoms with Crippen LogP contribution in [0.25, 0.3) is 11.1 Å². The van der Waals surface area contributed by atoms with Crippen molar-refractivity contribution in [2.24, 2.45) is 0 Å². The van der Waals surface area contributed by atoms with Gasteiger partial charge in [-0.2, -0.15) is 0 Å². The van der Waals surface area contributed by atoms with Gasteiger partial charge in [0.05, 0.1) is 17.2 Å². The standard InChI is InChI=1S/C17H11ClN2O3/c1-9(13-8-10-6-7-14(18)19-15(10)23-13)20-16(21)11-4-2-3-5-12(11)17(20)22/h2-9H,1H3. The fraction of sp³-hybridized carbons (Fsp3) is 0.118. The summed E-state index contributed by atoms with van der Waals surface area (Å²) in [5, 5.41) is 1.10.